The summed E-state index contributed by atoms with van der Waals surface area (Å²) in [6.07, 6.45) is 11.1. The van der Waals surface area contributed by atoms with Crippen molar-refractivity contribution >= 4 is 0 Å². The maximum atomic E-state index is 6.74. The number of likely N-dealkylation sites (N-methyl/N-ethyl adjacent to an activating group) is 1. The second kappa shape index (κ2) is 7.26. The van der Waals surface area contributed by atoms with Gasteiger partial charge in [0.25, 0.3) is 0 Å². The molecule has 2 rings (SSSR count). The van der Waals surface area contributed by atoms with E-state index in [1.807, 2.05) is 0 Å². The van der Waals surface area contributed by atoms with Gasteiger partial charge < -0.3 is 10.1 Å². The molecular formula is C18H35NO. The van der Waals surface area contributed by atoms with Gasteiger partial charge in [-0.3, -0.25) is 0 Å². The van der Waals surface area contributed by atoms with E-state index < -0.39 is 0 Å². The maximum absolute atomic E-state index is 6.74. The van der Waals surface area contributed by atoms with Gasteiger partial charge in [-0.1, -0.05) is 33.6 Å². The van der Waals surface area contributed by atoms with Gasteiger partial charge in [0.1, 0.15) is 0 Å². The molecule has 2 fully saturated rings. The molecule has 0 amide bonds. The Morgan fingerprint density at radius 1 is 1.10 bits per heavy atom. The molecule has 2 saturated carbocycles. The van der Waals surface area contributed by atoms with E-state index in [9.17, 15) is 0 Å². The van der Waals surface area contributed by atoms with Crippen molar-refractivity contribution in [2.75, 3.05) is 13.6 Å². The standard InChI is InChI=1S/C18H35NO/c1-14(2)16-9-11-18(12-10-16,13-19-4)20-17-8-6-5-7-15(17)3/h14-17,19H,5-13H2,1-4H3. The lowest BCUT2D eigenvalue weighted by atomic mass is 9.74. The van der Waals surface area contributed by atoms with Gasteiger partial charge in [-0.15, -0.1) is 0 Å². The monoisotopic (exact) mass is 281 g/mol. The van der Waals surface area contributed by atoms with E-state index in [1.165, 1.54) is 51.4 Å². The molecular weight excluding hydrogens is 246 g/mol. The highest BCUT2D eigenvalue weighted by Gasteiger charge is 2.39. The molecule has 20 heavy (non-hydrogen) atoms. The first-order valence-corrected chi connectivity index (χ1v) is 8.89. The van der Waals surface area contributed by atoms with E-state index >= 15 is 0 Å². The fourth-order valence-corrected chi connectivity index (χ4v) is 4.27. The number of nitrogens with one attached hydrogen (secondary N) is 1. The SMILES string of the molecule is CNCC1(OC2CCCCC2C)CCC(C(C)C)CC1. The third-order valence-electron chi connectivity index (χ3n) is 5.82. The lowest BCUT2D eigenvalue weighted by molar-refractivity contribution is -0.143. The summed E-state index contributed by atoms with van der Waals surface area (Å²) in [7, 11) is 2.07. The second-order valence-corrected chi connectivity index (χ2v) is 7.71. The minimum Gasteiger partial charge on any atom is -0.370 e. The summed E-state index contributed by atoms with van der Waals surface area (Å²) in [6, 6.07) is 0. The highest BCUT2D eigenvalue weighted by atomic mass is 16.5. The molecule has 2 nitrogen and oxygen atoms in total. The summed E-state index contributed by atoms with van der Waals surface area (Å²) in [5.74, 6) is 2.49. The molecule has 2 aliphatic rings. The van der Waals surface area contributed by atoms with Crippen molar-refractivity contribution in [1.29, 1.82) is 0 Å². The highest BCUT2D eigenvalue weighted by molar-refractivity contribution is 4.91. The van der Waals surface area contributed by atoms with E-state index in [4.69, 9.17) is 4.74 Å². The summed E-state index contributed by atoms with van der Waals surface area (Å²) < 4.78 is 6.74. The average molecular weight is 281 g/mol. The molecule has 2 aliphatic carbocycles. The van der Waals surface area contributed by atoms with Crippen LogP contribution in [0.3, 0.4) is 0 Å². The largest absolute Gasteiger partial charge is 0.370 e. The number of hydrogen-bond donors (Lipinski definition) is 1. The molecule has 0 radical (unpaired) electrons. The Morgan fingerprint density at radius 3 is 2.30 bits per heavy atom. The zero-order chi connectivity index (χ0) is 14.6. The molecule has 0 aromatic heterocycles. The van der Waals surface area contributed by atoms with Gasteiger partial charge in [-0.05, 0) is 63.3 Å². The van der Waals surface area contributed by atoms with Crippen LogP contribution in [0, 0.1) is 17.8 Å². The van der Waals surface area contributed by atoms with Crippen LogP contribution in [0.15, 0.2) is 0 Å². The van der Waals surface area contributed by atoms with Crippen LogP contribution < -0.4 is 5.32 Å². The van der Waals surface area contributed by atoms with Gasteiger partial charge in [0.2, 0.25) is 0 Å². The Kier molecular flexibility index (Phi) is 5.92. The lowest BCUT2D eigenvalue weighted by Crippen LogP contribution is -2.49. The summed E-state index contributed by atoms with van der Waals surface area (Å²) in [4.78, 5) is 0. The summed E-state index contributed by atoms with van der Waals surface area (Å²) in [5.41, 5.74) is 0.121. The molecule has 0 bridgehead atoms. The zero-order valence-corrected chi connectivity index (χ0v) is 14.1. The third-order valence-corrected chi connectivity index (χ3v) is 5.82. The van der Waals surface area contributed by atoms with Gasteiger partial charge in [-0.2, -0.15) is 0 Å². The van der Waals surface area contributed by atoms with Crippen molar-refractivity contribution in [3.8, 4) is 0 Å². The Balaban J connectivity index is 1.96. The van der Waals surface area contributed by atoms with Gasteiger partial charge >= 0.3 is 0 Å². The Labute approximate surface area is 126 Å². The van der Waals surface area contributed by atoms with E-state index in [0.29, 0.717) is 6.10 Å². The zero-order valence-electron chi connectivity index (χ0n) is 14.1. The summed E-state index contributed by atoms with van der Waals surface area (Å²) >= 11 is 0. The molecule has 2 atom stereocenters. The van der Waals surface area contributed by atoms with Gasteiger partial charge in [0, 0.05) is 6.54 Å². The molecule has 0 saturated heterocycles. The van der Waals surface area contributed by atoms with Crippen molar-refractivity contribution in [1.82, 2.24) is 5.32 Å². The van der Waals surface area contributed by atoms with Gasteiger partial charge in [0.15, 0.2) is 0 Å². The minimum atomic E-state index is 0.121. The van der Waals surface area contributed by atoms with Crippen LogP contribution in [0.5, 0.6) is 0 Å². The summed E-state index contributed by atoms with van der Waals surface area (Å²) in [6.45, 7) is 8.16. The van der Waals surface area contributed by atoms with E-state index in [1.54, 1.807) is 0 Å². The normalized spacial score (nSPS) is 39.1. The Morgan fingerprint density at radius 2 is 1.75 bits per heavy atom. The molecule has 1 N–H and O–H groups in total. The first-order valence-electron chi connectivity index (χ1n) is 8.89. The second-order valence-electron chi connectivity index (χ2n) is 7.71. The molecule has 0 heterocycles. The first kappa shape index (κ1) is 16.3. The topological polar surface area (TPSA) is 21.3 Å². The fraction of sp³-hybridized carbons (Fsp3) is 1.00. The highest BCUT2D eigenvalue weighted by Crippen LogP contribution is 2.40. The van der Waals surface area contributed by atoms with Crippen molar-refractivity contribution < 1.29 is 4.74 Å². The van der Waals surface area contributed by atoms with E-state index in [2.05, 4.69) is 33.1 Å². The molecule has 0 spiro atoms. The fourth-order valence-electron chi connectivity index (χ4n) is 4.27. The van der Waals surface area contributed by atoms with Crippen LogP contribution in [0.25, 0.3) is 0 Å². The van der Waals surface area contributed by atoms with Crippen molar-refractivity contribution in [2.45, 2.75) is 83.8 Å². The molecule has 118 valence electrons. The van der Waals surface area contributed by atoms with Crippen LogP contribution in [-0.2, 0) is 4.74 Å². The lowest BCUT2D eigenvalue weighted by Gasteiger charge is -2.45. The average Bonchev–Trinajstić information content (AvgIpc) is 2.42. The maximum Gasteiger partial charge on any atom is 0.0810 e. The Bertz CT molecular complexity index is 281. The molecule has 2 heteroatoms. The van der Waals surface area contributed by atoms with Crippen LogP contribution >= 0.6 is 0 Å². The third kappa shape index (κ3) is 3.98. The number of rotatable bonds is 5. The number of ether oxygens (including phenoxy) is 1. The molecule has 0 aliphatic heterocycles. The predicted octanol–water partition coefficient (Wildman–Crippen LogP) is 4.39. The van der Waals surface area contributed by atoms with E-state index in [-0.39, 0.29) is 5.60 Å². The smallest absolute Gasteiger partial charge is 0.0810 e. The van der Waals surface area contributed by atoms with E-state index in [0.717, 1.165) is 24.3 Å². The van der Waals surface area contributed by atoms with Crippen molar-refractivity contribution in [3.63, 3.8) is 0 Å². The molecule has 0 aromatic rings. The first-order chi connectivity index (χ1) is 9.56. The molecule has 0 aromatic carbocycles. The minimum absolute atomic E-state index is 0.121. The number of hydrogen-bond acceptors (Lipinski definition) is 2. The van der Waals surface area contributed by atoms with Crippen LogP contribution in [0.4, 0.5) is 0 Å². The quantitative estimate of drug-likeness (QED) is 0.807. The van der Waals surface area contributed by atoms with Crippen molar-refractivity contribution in [2.24, 2.45) is 17.8 Å². The Hall–Kier alpha value is -0.0800. The molecule has 2 unspecified atom stereocenters. The van der Waals surface area contributed by atoms with Crippen molar-refractivity contribution in [3.05, 3.63) is 0 Å². The predicted molar refractivity (Wildman–Crippen MR) is 86.0 cm³/mol. The van der Waals surface area contributed by atoms with Crippen LogP contribution in [0.1, 0.15) is 72.1 Å². The van der Waals surface area contributed by atoms with Gasteiger partial charge in [0.05, 0.1) is 11.7 Å². The van der Waals surface area contributed by atoms with Crippen LogP contribution in [-0.4, -0.2) is 25.3 Å². The van der Waals surface area contributed by atoms with Crippen LogP contribution in [0.2, 0.25) is 0 Å². The van der Waals surface area contributed by atoms with Gasteiger partial charge in [-0.25, -0.2) is 0 Å². The summed E-state index contributed by atoms with van der Waals surface area (Å²) in [5, 5.41) is 3.40.